The minimum Gasteiger partial charge on any atom is -0.327 e. The Balaban J connectivity index is 2.30. The summed E-state index contributed by atoms with van der Waals surface area (Å²) in [6.45, 7) is 6.51. The number of aromatic nitrogens is 1. The summed E-state index contributed by atoms with van der Waals surface area (Å²) in [5, 5.41) is 0. The maximum Gasteiger partial charge on any atom is 0.0797 e. The van der Waals surface area contributed by atoms with Gasteiger partial charge < -0.3 is 5.73 Å². The molecular weight excluding hydrogens is 168 g/mol. The molecule has 2 unspecified atom stereocenters. The summed E-state index contributed by atoms with van der Waals surface area (Å²) >= 11 is 1.74. The van der Waals surface area contributed by atoms with E-state index in [9.17, 15) is 0 Å². The smallest absolute Gasteiger partial charge is 0.0797 e. The topological polar surface area (TPSA) is 38.9 Å². The zero-order chi connectivity index (χ0) is 8.93. The number of nitrogens with two attached hydrogens (primary N) is 1. The van der Waals surface area contributed by atoms with E-state index in [0.29, 0.717) is 12.0 Å². The molecule has 1 saturated carbocycles. The molecule has 1 heterocycles. The molecule has 66 valence electrons. The Morgan fingerprint density at radius 1 is 1.58 bits per heavy atom. The van der Waals surface area contributed by atoms with E-state index in [1.807, 2.05) is 5.51 Å². The van der Waals surface area contributed by atoms with Gasteiger partial charge in [0.25, 0.3) is 0 Å². The number of hydrogen-bond donors (Lipinski definition) is 1. The van der Waals surface area contributed by atoms with Crippen molar-refractivity contribution in [3.63, 3.8) is 0 Å². The van der Waals surface area contributed by atoms with Gasteiger partial charge in [-0.2, -0.15) is 0 Å². The lowest BCUT2D eigenvalue weighted by Crippen LogP contribution is -2.06. The molecule has 2 atom stereocenters. The number of aryl methyl sites for hydroxylation is 1. The largest absolute Gasteiger partial charge is 0.327 e. The summed E-state index contributed by atoms with van der Waals surface area (Å²) in [4.78, 5) is 5.62. The Morgan fingerprint density at radius 2 is 2.17 bits per heavy atom. The summed E-state index contributed by atoms with van der Waals surface area (Å²) in [5.41, 5.74) is 9.34. The van der Waals surface area contributed by atoms with E-state index in [2.05, 4.69) is 25.8 Å². The normalized spacial score (nSPS) is 32.0. The van der Waals surface area contributed by atoms with E-state index in [1.165, 1.54) is 4.88 Å². The fourth-order valence-electron chi connectivity index (χ4n) is 1.79. The quantitative estimate of drug-likeness (QED) is 0.720. The van der Waals surface area contributed by atoms with Crippen molar-refractivity contribution in [2.75, 3.05) is 0 Å². The van der Waals surface area contributed by atoms with Crippen LogP contribution in [0.4, 0.5) is 0 Å². The number of hydrogen-bond acceptors (Lipinski definition) is 3. The number of thiazole rings is 1. The molecule has 1 aromatic heterocycles. The molecular formula is C9H14N2S. The van der Waals surface area contributed by atoms with Gasteiger partial charge in [-0.25, -0.2) is 4.98 Å². The summed E-state index contributed by atoms with van der Waals surface area (Å²) in [7, 11) is 0. The molecule has 1 aliphatic carbocycles. The van der Waals surface area contributed by atoms with E-state index in [0.717, 1.165) is 5.69 Å². The van der Waals surface area contributed by atoms with Gasteiger partial charge in [0, 0.05) is 16.8 Å². The van der Waals surface area contributed by atoms with Gasteiger partial charge in [-0.15, -0.1) is 11.3 Å². The molecule has 0 aliphatic heterocycles. The van der Waals surface area contributed by atoms with Crippen molar-refractivity contribution in [1.29, 1.82) is 0 Å². The molecule has 0 spiro atoms. The fraction of sp³-hybridized carbons (Fsp3) is 0.667. The second kappa shape index (κ2) is 2.30. The molecule has 1 aromatic rings. The minimum absolute atomic E-state index is 0.289. The standard InChI is InChI=1S/C9H14N2S/c1-5-7(12-4-11-5)6-8(10)9(6,2)3/h4,6,8H,10H2,1-3H3. The first-order valence-electron chi connectivity index (χ1n) is 4.20. The maximum absolute atomic E-state index is 5.98. The maximum atomic E-state index is 5.98. The first-order valence-corrected chi connectivity index (χ1v) is 5.08. The van der Waals surface area contributed by atoms with Gasteiger partial charge >= 0.3 is 0 Å². The molecule has 0 aromatic carbocycles. The summed E-state index contributed by atoms with van der Waals surface area (Å²) in [6, 6.07) is 0.330. The first kappa shape index (κ1) is 8.20. The van der Waals surface area contributed by atoms with Crippen LogP contribution in [0.1, 0.15) is 30.3 Å². The van der Waals surface area contributed by atoms with Crippen LogP contribution in [0, 0.1) is 12.3 Å². The number of nitrogens with zero attached hydrogens (tertiary/aromatic N) is 1. The van der Waals surface area contributed by atoms with E-state index >= 15 is 0 Å². The van der Waals surface area contributed by atoms with Crippen molar-refractivity contribution < 1.29 is 0 Å². The molecule has 0 radical (unpaired) electrons. The third kappa shape index (κ3) is 0.930. The first-order chi connectivity index (χ1) is 5.55. The minimum atomic E-state index is 0.289. The number of rotatable bonds is 1. The fourth-order valence-corrected chi connectivity index (χ4v) is 2.93. The van der Waals surface area contributed by atoms with Gasteiger partial charge in [-0.05, 0) is 12.3 Å². The van der Waals surface area contributed by atoms with Crippen molar-refractivity contribution in [2.45, 2.75) is 32.7 Å². The van der Waals surface area contributed by atoms with E-state index in [1.54, 1.807) is 11.3 Å². The van der Waals surface area contributed by atoms with Crippen molar-refractivity contribution in [3.05, 3.63) is 16.1 Å². The third-order valence-corrected chi connectivity index (χ3v) is 3.99. The third-order valence-electron chi connectivity index (χ3n) is 2.98. The van der Waals surface area contributed by atoms with E-state index in [4.69, 9.17) is 5.73 Å². The molecule has 1 aliphatic rings. The van der Waals surface area contributed by atoms with Gasteiger partial charge in [0.05, 0.1) is 11.2 Å². The highest BCUT2D eigenvalue weighted by molar-refractivity contribution is 7.09. The predicted octanol–water partition coefficient (Wildman–Crippen LogP) is 1.90. The average molecular weight is 182 g/mol. The lowest BCUT2D eigenvalue weighted by atomic mass is 10.1. The molecule has 2 N–H and O–H groups in total. The van der Waals surface area contributed by atoms with Gasteiger partial charge in [0.15, 0.2) is 0 Å². The second-order valence-electron chi connectivity index (χ2n) is 4.13. The molecule has 0 bridgehead atoms. The lowest BCUT2D eigenvalue weighted by Gasteiger charge is -1.99. The van der Waals surface area contributed by atoms with Crippen LogP contribution in [0.25, 0.3) is 0 Å². The van der Waals surface area contributed by atoms with Crippen molar-refractivity contribution in [3.8, 4) is 0 Å². The molecule has 2 rings (SSSR count). The molecule has 1 fully saturated rings. The van der Waals surface area contributed by atoms with E-state index < -0.39 is 0 Å². The zero-order valence-corrected chi connectivity index (χ0v) is 8.48. The summed E-state index contributed by atoms with van der Waals surface area (Å²) in [5.74, 6) is 0.546. The van der Waals surface area contributed by atoms with Gasteiger partial charge in [-0.1, -0.05) is 13.8 Å². The second-order valence-corrected chi connectivity index (χ2v) is 5.01. The van der Waals surface area contributed by atoms with Crippen LogP contribution >= 0.6 is 11.3 Å². The Hall–Kier alpha value is -0.410. The van der Waals surface area contributed by atoms with Crippen molar-refractivity contribution in [2.24, 2.45) is 11.1 Å². The van der Waals surface area contributed by atoms with Crippen molar-refractivity contribution >= 4 is 11.3 Å². The molecule has 0 saturated heterocycles. The Labute approximate surface area is 76.8 Å². The molecule has 12 heavy (non-hydrogen) atoms. The van der Waals surface area contributed by atoms with Crippen LogP contribution in [-0.4, -0.2) is 11.0 Å². The van der Waals surface area contributed by atoms with Crippen LogP contribution in [0.15, 0.2) is 5.51 Å². The highest BCUT2D eigenvalue weighted by atomic mass is 32.1. The summed E-state index contributed by atoms with van der Waals surface area (Å²) < 4.78 is 0. The van der Waals surface area contributed by atoms with Gasteiger partial charge in [0.1, 0.15) is 0 Å². The van der Waals surface area contributed by atoms with Crippen LogP contribution in [-0.2, 0) is 0 Å². The predicted molar refractivity (Wildman–Crippen MR) is 51.3 cm³/mol. The Bertz CT molecular complexity index is 303. The average Bonchev–Trinajstić information content (AvgIpc) is 2.39. The monoisotopic (exact) mass is 182 g/mol. The SMILES string of the molecule is Cc1ncsc1C1C(N)C1(C)C. The van der Waals surface area contributed by atoms with Crippen LogP contribution in [0.5, 0.6) is 0 Å². The summed E-state index contributed by atoms with van der Waals surface area (Å²) in [6.07, 6.45) is 0. The highest BCUT2D eigenvalue weighted by Crippen LogP contribution is 2.58. The lowest BCUT2D eigenvalue weighted by molar-refractivity contribution is 0.600. The van der Waals surface area contributed by atoms with Crippen molar-refractivity contribution in [1.82, 2.24) is 4.98 Å². The molecule has 3 heteroatoms. The van der Waals surface area contributed by atoms with E-state index in [-0.39, 0.29) is 5.41 Å². The highest BCUT2D eigenvalue weighted by Gasteiger charge is 2.57. The van der Waals surface area contributed by atoms with Crippen LogP contribution in [0.3, 0.4) is 0 Å². The van der Waals surface area contributed by atoms with Gasteiger partial charge in [-0.3, -0.25) is 0 Å². The van der Waals surface area contributed by atoms with Crippen LogP contribution in [0.2, 0.25) is 0 Å². The van der Waals surface area contributed by atoms with Gasteiger partial charge in [0.2, 0.25) is 0 Å². The van der Waals surface area contributed by atoms with Crippen LogP contribution < -0.4 is 5.73 Å². The Morgan fingerprint density at radius 3 is 2.50 bits per heavy atom. The molecule has 0 amide bonds. The molecule has 2 nitrogen and oxygen atoms in total. The zero-order valence-electron chi connectivity index (χ0n) is 7.66. The Kier molecular flexibility index (Phi) is 1.57.